The minimum Gasteiger partial charge on any atom is -0.456 e. The summed E-state index contributed by atoms with van der Waals surface area (Å²) in [6.45, 7) is 0. The Morgan fingerprint density at radius 3 is 1.57 bits per heavy atom. The van der Waals surface area contributed by atoms with Gasteiger partial charge in [0.1, 0.15) is 11.2 Å². The van der Waals surface area contributed by atoms with E-state index < -0.39 is 0 Å². The van der Waals surface area contributed by atoms with Gasteiger partial charge in [-0.15, -0.1) is 0 Å². The number of furan rings is 1. The third-order valence-corrected chi connectivity index (χ3v) is 9.80. The summed E-state index contributed by atoms with van der Waals surface area (Å²) in [6.07, 6.45) is 0. The molecule has 0 bridgehead atoms. The first kappa shape index (κ1) is 26.1. The number of benzene rings is 9. The molecule has 0 aliphatic rings. The Morgan fingerprint density at radius 2 is 0.830 bits per heavy atom. The first-order valence-corrected chi connectivity index (χ1v) is 16.2. The van der Waals surface area contributed by atoms with E-state index in [1.54, 1.807) is 0 Å². The molecule has 0 atom stereocenters. The Hall–Kier alpha value is -6.18. The average molecular weight is 597 g/mol. The highest BCUT2D eigenvalue weighted by Gasteiger charge is 2.22. The molecule has 0 saturated heterocycles. The van der Waals surface area contributed by atoms with Gasteiger partial charge < -0.3 is 4.42 Å². The predicted molar refractivity (Wildman–Crippen MR) is 200 cm³/mol. The zero-order chi connectivity index (χ0) is 30.9. The molecule has 1 heterocycles. The third-order valence-electron chi connectivity index (χ3n) is 9.80. The lowest BCUT2D eigenvalue weighted by Gasteiger charge is -2.20. The van der Waals surface area contributed by atoms with E-state index >= 15 is 0 Å². The van der Waals surface area contributed by atoms with Gasteiger partial charge in [-0.3, -0.25) is 0 Å². The van der Waals surface area contributed by atoms with Gasteiger partial charge in [-0.25, -0.2) is 0 Å². The Balaban J connectivity index is 1.32. The minimum absolute atomic E-state index is 0.912. The molecule has 0 aliphatic heterocycles. The molecule has 0 fully saturated rings. The zero-order valence-corrected chi connectivity index (χ0v) is 25.6. The summed E-state index contributed by atoms with van der Waals surface area (Å²) in [5, 5.41) is 12.2. The normalized spacial score (nSPS) is 11.8. The SMILES string of the molecule is c1cc(-c2ccc3ccccc3c2)cc(-c2c3ccccc3c(-c3c4ccccc4cc4oc5ccccc5c34)c3ccccc23)c1. The molecule has 0 unspecified atom stereocenters. The maximum atomic E-state index is 6.52. The highest BCUT2D eigenvalue weighted by Crippen LogP contribution is 2.49. The Bertz CT molecular complexity index is 2800. The van der Waals surface area contributed by atoms with Crippen molar-refractivity contribution in [1.29, 1.82) is 0 Å². The lowest BCUT2D eigenvalue weighted by atomic mass is 9.83. The van der Waals surface area contributed by atoms with Crippen molar-refractivity contribution >= 4 is 65.0 Å². The van der Waals surface area contributed by atoms with Crippen LogP contribution >= 0.6 is 0 Å². The van der Waals surface area contributed by atoms with Crippen molar-refractivity contribution in [2.45, 2.75) is 0 Å². The van der Waals surface area contributed by atoms with Crippen molar-refractivity contribution in [3.8, 4) is 33.4 Å². The van der Waals surface area contributed by atoms with Gasteiger partial charge in [0.25, 0.3) is 0 Å². The van der Waals surface area contributed by atoms with Crippen molar-refractivity contribution in [2.75, 3.05) is 0 Å². The van der Waals surface area contributed by atoms with Crippen LogP contribution in [0.4, 0.5) is 0 Å². The number of hydrogen-bond donors (Lipinski definition) is 0. The molecular weight excluding hydrogens is 569 g/mol. The molecule has 0 N–H and O–H groups in total. The molecule has 1 aromatic heterocycles. The van der Waals surface area contributed by atoms with E-state index in [4.69, 9.17) is 4.42 Å². The van der Waals surface area contributed by atoms with Gasteiger partial charge in [-0.05, 0) is 95.2 Å². The van der Waals surface area contributed by atoms with Crippen LogP contribution < -0.4 is 0 Å². The lowest BCUT2D eigenvalue weighted by molar-refractivity contribution is 0.669. The molecule has 218 valence electrons. The van der Waals surface area contributed by atoms with E-state index in [-0.39, 0.29) is 0 Å². The van der Waals surface area contributed by atoms with Crippen LogP contribution in [0.3, 0.4) is 0 Å². The summed E-state index contributed by atoms with van der Waals surface area (Å²) < 4.78 is 6.52. The van der Waals surface area contributed by atoms with Crippen LogP contribution in [-0.2, 0) is 0 Å². The van der Waals surface area contributed by atoms with E-state index in [1.807, 2.05) is 0 Å². The quantitative estimate of drug-likeness (QED) is 0.185. The maximum absolute atomic E-state index is 6.52. The first-order chi connectivity index (χ1) is 23.3. The second-order valence-corrected chi connectivity index (χ2v) is 12.4. The van der Waals surface area contributed by atoms with Gasteiger partial charge in [0.2, 0.25) is 0 Å². The van der Waals surface area contributed by atoms with Crippen molar-refractivity contribution in [2.24, 2.45) is 0 Å². The summed E-state index contributed by atoms with van der Waals surface area (Å²) in [4.78, 5) is 0. The van der Waals surface area contributed by atoms with E-state index in [0.29, 0.717) is 0 Å². The van der Waals surface area contributed by atoms with E-state index in [0.717, 1.165) is 16.6 Å². The number of rotatable bonds is 3. The minimum atomic E-state index is 0.912. The fourth-order valence-corrected chi connectivity index (χ4v) is 7.74. The number of hydrogen-bond acceptors (Lipinski definition) is 1. The summed E-state index contributed by atoms with van der Waals surface area (Å²) in [5.74, 6) is 0. The van der Waals surface area contributed by atoms with Gasteiger partial charge in [-0.1, -0.05) is 146 Å². The average Bonchev–Trinajstić information content (AvgIpc) is 3.51. The Labute approximate surface area is 271 Å². The molecule has 47 heavy (non-hydrogen) atoms. The molecular formula is C46H28O. The summed E-state index contributed by atoms with van der Waals surface area (Å²) in [5.41, 5.74) is 9.22. The topological polar surface area (TPSA) is 13.1 Å². The van der Waals surface area contributed by atoms with Crippen molar-refractivity contribution in [1.82, 2.24) is 0 Å². The van der Waals surface area contributed by atoms with Crippen LogP contribution in [0.2, 0.25) is 0 Å². The monoisotopic (exact) mass is 596 g/mol. The largest absolute Gasteiger partial charge is 0.456 e. The molecule has 1 heteroatoms. The summed E-state index contributed by atoms with van der Waals surface area (Å²) >= 11 is 0. The van der Waals surface area contributed by atoms with Crippen LogP contribution in [-0.4, -0.2) is 0 Å². The van der Waals surface area contributed by atoms with Crippen LogP contribution in [0.25, 0.3) is 98.4 Å². The fourth-order valence-electron chi connectivity index (χ4n) is 7.74. The van der Waals surface area contributed by atoms with E-state index in [2.05, 4.69) is 170 Å². The second kappa shape index (κ2) is 10.2. The molecule has 10 rings (SSSR count). The Morgan fingerprint density at radius 1 is 0.277 bits per heavy atom. The van der Waals surface area contributed by atoms with Crippen LogP contribution in [0, 0.1) is 0 Å². The fraction of sp³-hybridized carbons (Fsp3) is 0. The molecule has 0 saturated carbocycles. The zero-order valence-electron chi connectivity index (χ0n) is 25.6. The molecule has 0 spiro atoms. The number of para-hydroxylation sites is 1. The number of fused-ring (bicyclic) bond motifs is 7. The van der Waals surface area contributed by atoms with Crippen molar-refractivity contribution < 1.29 is 4.42 Å². The van der Waals surface area contributed by atoms with Gasteiger partial charge >= 0.3 is 0 Å². The van der Waals surface area contributed by atoms with Crippen molar-refractivity contribution in [3.63, 3.8) is 0 Å². The molecule has 1 nitrogen and oxygen atoms in total. The van der Waals surface area contributed by atoms with Gasteiger partial charge in [-0.2, -0.15) is 0 Å². The molecule has 9 aromatic carbocycles. The molecule has 0 aliphatic carbocycles. The van der Waals surface area contributed by atoms with Crippen LogP contribution in [0.5, 0.6) is 0 Å². The predicted octanol–water partition coefficient (Wildman–Crippen LogP) is 13.2. The van der Waals surface area contributed by atoms with E-state index in [1.165, 1.54) is 81.9 Å². The molecule has 10 aromatic rings. The first-order valence-electron chi connectivity index (χ1n) is 16.2. The van der Waals surface area contributed by atoms with Gasteiger partial charge in [0.15, 0.2) is 0 Å². The van der Waals surface area contributed by atoms with Crippen LogP contribution in [0.1, 0.15) is 0 Å². The van der Waals surface area contributed by atoms with Gasteiger partial charge in [0, 0.05) is 16.3 Å². The standard InChI is InChI=1S/C46H28O/c1-2-13-30-26-32(25-24-29(30)12-1)31-15-11-16-34(27-31)43-36-18-5-7-20-38(36)44(39-21-8-6-19-37(39)43)46-35-17-4-3-14-33(35)28-42-45(46)40-22-9-10-23-41(40)47-42/h1-28H. The molecule has 0 radical (unpaired) electrons. The van der Waals surface area contributed by atoms with Crippen LogP contribution in [0.15, 0.2) is 174 Å². The lowest BCUT2D eigenvalue weighted by Crippen LogP contribution is -1.92. The molecule has 0 amide bonds. The second-order valence-electron chi connectivity index (χ2n) is 12.4. The van der Waals surface area contributed by atoms with Gasteiger partial charge in [0.05, 0.1) is 0 Å². The Kier molecular flexibility index (Phi) is 5.64. The highest BCUT2D eigenvalue weighted by atomic mass is 16.3. The smallest absolute Gasteiger partial charge is 0.136 e. The summed E-state index contributed by atoms with van der Waals surface area (Å²) in [7, 11) is 0. The maximum Gasteiger partial charge on any atom is 0.136 e. The third kappa shape index (κ3) is 3.97. The van der Waals surface area contributed by atoms with E-state index in [9.17, 15) is 0 Å². The summed E-state index contributed by atoms with van der Waals surface area (Å²) in [6, 6.07) is 61.6. The highest BCUT2D eigenvalue weighted by molar-refractivity contribution is 6.30. The van der Waals surface area contributed by atoms with Crippen molar-refractivity contribution in [3.05, 3.63) is 170 Å².